The third-order valence-electron chi connectivity index (χ3n) is 7.50. The summed E-state index contributed by atoms with van der Waals surface area (Å²) >= 11 is 0. The van der Waals surface area contributed by atoms with Crippen LogP contribution >= 0.6 is 0 Å². The van der Waals surface area contributed by atoms with Crippen molar-refractivity contribution in [1.82, 2.24) is 4.90 Å². The summed E-state index contributed by atoms with van der Waals surface area (Å²) in [5.41, 5.74) is 1.18. The van der Waals surface area contributed by atoms with E-state index in [-0.39, 0.29) is 35.8 Å². The number of fused-ring (bicyclic) bond motifs is 1. The molecule has 1 aliphatic carbocycles. The van der Waals surface area contributed by atoms with Crippen LogP contribution in [0.3, 0.4) is 0 Å². The highest BCUT2D eigenvalue weighted by Crippen LogP contribution is 2.48. The SMILES string of the molecule is COC(=O)[C@@H](C)[C@H](c1ccc2c(c1)OC(CC1CCN(C(=O)OC(C)(C)C)CC1)CC2=O)C1CC1. The van der Waals surface area contributed by atoms with Gasteiger partial charge >= 0.3 is 12.1 Å². The lowest BCUT2D eigenvalue weighted by Crippen LogP contribution is -2.42. The summed E-state index contributed by atoms with van der Waals surface area (Å²) in [5.74, 6) is 1.24. The van der Waals surface area contributed by atoms with Crippen LogP contribution in [0.15, 0.2) is 18.2 Å². The number of amides is 1. The summed E-state index contributed by atoms with van der Waals surface area (Å²) in [5, 5.41) is 0. The van der Waals surface area contributed by atoms with Crippen molar-refractivity contribution in [1.29, 1.82) is 0 Å². The van der Waals surface area contributed by atoms with E-state index in [0.717, 1.165) is 37.7 Å². The van der Waals surface area contributed by atoms with Crippen LogP contribution in [0.4, 0.5) is 4.79 Å². The molecular weight excluding hydrogens is 446 g/mol. The zero-order chi connectivity index (χ0) is 25.3. The van der Waals surface area contributed by atoms with Crippen LogP contribution in [-0.4, -0.2) is 54.7 Å². The molecule has 0 spiro atoms. The number of benzene rings is 1. The summed E-state index contributed by atoms with van der Waals surface area (Å²) in [4.78, 5) is 39.3. The van der Waals surface area contributed by atoms with Gasteiger partial charge in [-0.2, -0.15) is 0 Å². The molecule has 0 bridgehead atoms. The Morgan fingerprint density at radius 2 is 1.83 bits per heavy atom. The van der Waals surface area contributed by atoms with Crippen molar-refractivity contribution >= 4 is 17.8 Å². The fourth-order valence-corrected chi connectivity index (χ4v) is 5.55. The molecule has 0 aromatic heterocycles. The number of piperidine rings is 1. The lowest BCUT2D eigenvalue weighted by Gasteiger charge is -2.35. The van der Waals surface area contributed by atoms with Gasteiger partial charge in [0.2, 0.25) is 0 Å². The monoisotopic (exact) mass is 485 g/mol. The molecule has 1 saturated heterocycles. The predicted octanol–water partition coefficient (Wildman–Crippen LogP) is 5.36. The first kappa shape index (κ1) is 25.5. The molecule has 7 nitrogen and oxygen atoms in total. The Bertz CT molecular complexity index is 955. The molecular formula is C28H39NO6. The van der Waals surface area contributed by atoms with Crippen LogP contribution in [0.2, 0.25) is 0 Å². The Balaban J connectivity index is 1.39. The van der Waals surface area contributed by atoms with E-state index in [9.17, 15) is 14.4 Å². The van der Waals surface area contributed by atoms with Crippen LogP contribution in [0.25, 0.3) is 0 Å². The zero-order valence-electron chi connectivity index (χ0n) is 21.7. The van der Waals surface area contributed by atoms with Gasteiger partial charge in [-0.25, -0.2) is 4.79 Å². The Kier molecular flexibility index (Phi) is 7.43. The van der Waals surface area contributed by atoms with E-state index >= 15 is 0 Å². The third-order valence-corrected chi connectivity index (χ3v) is 7.50. The normalized spacial score (nSPS) is 22.6. The quantitative estimate of drug-likeness (QED) is 0.505. The summed E-state index contributed by atoms with van der Waals surface area (Å²) in [7, 11) is 1.43. The van der Waals surface area contributed by atoms with E-state index in [1.807, 2.05) is 45.9 Å². The second-order valence-corrected chi connectivity index (χ2v) is 11.4. The Labute approximate surface area is 208 Å². The molecule has 2 fully saturated rings. The molecule has 1 aromatic carbocycles. The number of esters is 1. The van der Waals surface area contributed by atoms with Gasteiger partial charge in [0, 0.05) is 19.5 Å². The molecule has 2 heterocycles. The molecule has 3 atom stereocenters. The minimum atomic E-state index is -0.496. The first-order chi connectivity index (χ1) is 16.6. The molecule has 3 aliphatic rings. The number of nitrogens with zero attached hydrogens (tertiary/aromatic N) is 1. The van der Waals surface area contributed by atoms with Crippen molar-refractivity contribution in [3.05, 3.63) is 29.3 Å². The average Bonchev–Trinajstić information content (AvgIpc) is 3.63. The number of hydrogen-bond donors (Lipinski definition) is 0. The summed E-state index contributed by atoms with van der Waals surface area (Å²) < 4.78 is 16.9. The maximum Gasteiger partial charge on any atom is 0.410 e. The standard InChI is InChI=1S/C28H39NO6/c1-17(26(31)33-5)25(19-6-7-19)20-8-9-22-23(30)16-21(34-24(22)15-20)14-18-10-12-29(13-11-18)27(32)35-28(2,3)4/h8-9,15,17-19,21,25H,6-7,10-14,16H2,1-5H3/t17-,21?,25-/m0/s1. The molecule has 0 radical (unpaired) electrons. The molecule has 0 N–H and O–H groups in total. The van der Waals surface area contributed by atoms with Crippen molar-refractivity contribution in [3.63, 3.8) is 0 Å². The fraction of sp³-hybridized carbons (Fsp3) is 0.679. The fourth-order valence-electron chi connectivity index (χ4n) is 5.55. The van der Waals surface area contributed by atoms with Crippen molar-refractivity contribution in [2.45, 2.75) is 83.8 Å². The molecule has 4 rings (SSSR count). The Morgan fingerprint density at radius 1 is 1.14 bits per heavy atom. The number of hydrogen-bond acceptors (Lipinski definition) is 6. The summed E-state index contributed by atoms with van der Waals surface area (Å²) in [6.45, 7) is 8.88. The minimum absolute atomic E-state index is 0.0732. The van der Waals surface area contributed by atoms with Gasteiger partial charge in [0.05, 0.1) is 18.6 Å². The molecule has 1 saturated carbocycles. The Hall–Kier alpha value is -2.57. The second-order valence-electron chi connectivity index (χ2n) is 11.4. The molecule has 1 aromatic rings. The minimum Gasteiger partial charge on any atom is -0.489 e. The van der Waals surface area contributed by atoms with E-state index in [0.29, 0.717) is 42.7 Å². The molecule has 35 heavy (non-hydrogen) atoms. The van der Waals surface area contributed by atoms with Gasteiger partial charge in [-0.05, 0) is 88.3 Å². The number of rotatable bonds is 6. The van der Waals surface area contributed by atoms with Gasteiger partial charge < -0.3 is 19.1 Å². The van der Waals surface area contributed by atoms with Crippen LogP contribution < -0.4 is 4.74 Å². The van der Waals surface area contributed by atoms with Gasteiger partial charge in [-0.15, -0.1) is 0 Å². The number of likely N-dealkylation sites (tertiary alicyclic amines) is 1. The predicted molar refractivity (Wildman–Crippen MR) is 132 cm³/mol. The first-order valence-electron chi connectivity index (χ1n) is 12.9. The number of methoxy groups -OCH3 is 1. The van der Waals surface area contributed by atoms with E-state index in [1.165, 1.54) is 7.11 Å². The van der Waals surface area contributed by atoms with Crippen LogP contribution in [0.1, 0.15) is 88.1 Å². The van der Waals surface area contributed by atoms with Crippen molar-refractivity contribution in [2.75, 3.05) is 20.2 Å². The average molecular weight is 486 g/mol. The number of carbonyl (C=O) groups is 3. The molecule has 1 amide bonds. The summed E-state index contributed by atoms with van der Waals surface area (Å²) in [6.07, 6.45) is 4.71. The molecule has 1 unspecified atom stereocenters. The maximum absolute atomic E-state index is 12.9. The van der Waals surface area contributed by atoms with Gasteiger partial charge in [0.1, 0.15) is 17.5 Å². The van der Waals surface area contributed by atoms with E-state index in [2.05, 4.69) is 0 Å². The lowest BCUT2D eigenvalue weighted by molar-refractivity contribution is -0.145. The van der Waals surface area contributed by atoms with Gasteiger partial charge in [-0.3, -0.25) is 9.59 Å². The number of ketones is 1. The van der Waals surface area contributed by atoms with Crippen LogP contribution in [-0.2, 0) is 14.3 Å². The zero-order valence-corrected chi connectivity index (χ0v) is 21.7. The summed E-state index contributed by atoms with van der Waals surface area (Å²) in [6, 6.07) is 5.82. The van der Waals surface area contributed by atoms with Crippen molar-refractivity contribution in [3.8, 4) is 5.75 Å². The van der Waals surface area contributed by atoms with Crippen LogP contribution in [0.5, 0.6) is 5.75 Å². The highest BCUT2D eigenvalue weighted by atomic mass is 16.6. The Morgan fingerprint density at radius 3 is 2.43 bits per heavy atom. The van der Waals surface area contributed by atoms with Gasteiger partial charge in [0.15, 0.2) is 5.78 Å². The largest absolute Gasteiger partial charge is 0.489 e. The van der Waals surface area contributed by atoms with E-state index in [4.69, 9.17) is 14.2 Å². The van der Waals surface area contributed by atoms with E-state index < -0.39 is 5.60 Å². The molecule has 2 aliphatic heterocycles. The number of carbonyl (C=O) groups excluding carboxylic acids is 3. The topological polar surface area (TPSA) is 82.1 Å². The van der Waals surface area contributed by atoms with Crippen LogP contribution in [0, 0.1) is 17.8 Å². The van der Waals surface area contributed by atoms with Crippen molar-refractivity contribution < 1.29 is 28.6 Å². The highest BCUT2D eigenvalue weighted by Gasteiger charge is 2.40. The molecule has 7 heteroatoms. The number of Topliss-reactive ketones (excluding diaryl/α,β-unsaturated/α-hetero) is 1. The number of ether oxygens (including phenoxy) is 3. The van der Waals surface area contributed by atoms with E-state index in [1.54, 1.807) is 4.90 Å². The third kappa shape index (κ3) is 6.17. The van der Waals surface area contributed by atoms with Crippen molar-refractivity contribution in [2.24, 2.45) is 17.8 Å². The smallest absolute Gasteiger partial charge is 0.410 e. The van der Waals surface area contributed by atoms with Gasteiger partial charge in [0.25, 0.3) is 0 Å². The molecule has 192 valence electrons. The highest BCUT2D eigenvalue weighted by molar-refractivity contribution is 6.00. The van der Waals surface area contributed by atoms with Gasteiger partial charge in [-0.1, -0.05) is 13.0 Å². The lowest BCUT2D eigenvalue weighted by atomic mass is 9.82. The first-order valence-corrected chi connectivity index (χ1v) is 12.9. The second kappa shape index (κ2) is 10.2. The maximum atomic E-state index is 12.9.